The maximum absolute atomic E-state index is 12.7. The lowest BCUT2D eigenvalue weighted by Crippen LogP contribution is -2.45. The summed E-state index contributed by atoms with van der Waals surface area (Å²) in [6, 6.07) is 12.2. The number of phenolic OH excluding ortho intramolecular Hbond substituents is 5. The zero-order valence-corrected chi connectivity index (χ0v) is 35.3. The molecular formula is C46H54O15. The third-order valence-electron chi connectivity index (χ3n) is 11.2. The highest BCUT2D eigenvalue weighted by atomic mass is 16.8. The molecule has 0 bridgehead atoms. The minimum absolute atomic E-state index is 0.0632. The van der Waals surface area contributed by atoms with Crippen LogP contribution >= 0.6 is 0 Å². The molecule has 0 radical (unpaired) electrons. The average Bonchev–Trinajstić information content (AvgIpc) is 3.47. The minimum atomic E-state index is -1.16. The molecule has 3 fully saturated rings. The van der Waals surface area contributed by atoms with Gasteiger partial charge in [0.15, 0.2) is 5.79 Å². The average molecular weight is 847 g/mol. The van der Waals surface area contributed by atoms with Crippen LogP contribution in [0.15, 0.2) is 63.8 Å². The van der Waals surface area contributed by atoms with E-state index in [1.54, 1.807) is 18.2 Å². The molecule has 61 heavy (non-hydrogen) atoms. The van der Waals surface area contributed by atoms with Gasteiger partial charge in [-0.25, -0.2) is 4.79 Å². The van der Waals surface area contributed by atoms with Crippen LogP contribution in [0.3, 0.4) is 0 Å². The molecule has 0 amide bonds. The van der Waals surface area contributed by atoms with Crippen molar-refractivity contribution in [1.29, 1.82) is 0 Å². The molecule has 4 aliphatic heterocycles. The Kier molecular flexibility index (Phi) is 12.6. The number of hydrogen-bond acceptors (Lipinski definition) is 14. The predicted octanol–water partition coefficient (Wildman–Crippen LogP) is 8.02. The normalized spacial score (nSPS) is 23.7. The van der Waals surface area contributed by atoms with Crippen molar-refractivity contribution in [3.63, 3.8) is 0 Å². The summed E-state index contributed by atoms with van der Waals surface area (Å²) in [5.41, 5.74) is 0.524. The second-order valence-corrected chi connectivity index (χ2v) is 16.5. The topological polar surface area (TPSA) is 238 Å². The van der Waals surface area contributed by atoms with Gasteiger partial charge in [0, 0.05) is 54.3 Å². The maximum Gasteiger partial charge on any atom is 0.339 e. The van der Waals surface area contributed by atoms with Crippen LogP contribution in [0.4, 0.5) is 0 Å². The quantitative estimate of drug-likeness (QED) is 0.0672. The summed E-state index contributed by atoms with van der Waals surface area (Å²) in [5.74, 6) is -0.732. The number of phenols is 6. The number of aromatic carboxylic acids is 1. The van der Waals surface area contributed by atoms with Crippen molar-refractivity contribution in [2.45, 2.75) is 110 Å². The number of fused-ring (bicyclic) bond motifs is 5. The van der Waals surface area contributed by atoms with Crippen LogP contribution in [-0.4, -0.2) is 84.1 Å². The number of carboxylic acids is 1. The van der Waals surface area contributed by atoms with E-state index in [1.165, 1.54) is 31.4 Å². The fourth-order valence-electron chi connectivity index (χ4n) is 7.48. The molecule has 5 aliphatic rings. The first kappa shape index (κ1) is 44.6. The summed E-state index contributed by atoms with van der Waals surface area (Å²) in [5, 5.41) is 65.3. The first-order valence-electron chi connectivity index (χ1n) is 20.3. The van der Waals surface area contributed by atoms with Gasteiger partial charge in [0.2, 0.25) is 5.43 Å². The molecule has 1 aromatic heterocycles. The second kappa shape index (κ2) is 17.2. The summed E-state index contributed by atoms with van der Waals surface area (Å²) >= 11 is 0. The first-order chi connectivity index (χ1) is 28.8. The standard InChI is InChI=1S/C18H14O6.C15H18O6.C6H6O3.C5H10.C2H6/c1-18(7-22-18)14-6-10-12(23-14)3-2-9-16(21)15-11(20)4-8(19)5-13(15)24-17(9)10;1-14(2)19-7-15(3,21-14)11-6-9-10(20-11)5-4-8(12(9)16)13(17)18;7-4-1-5(8)3-6(9)2-4;1-5-3-2-4-5;1-2/h2-5,14,19-20H,6-7H2,1H3;4-5,11,16H,6-7H2,1-3H3,(H,17,18);1-3,7-9H;5H,2-4H2,1H3;1-2H3/t14-,18-;11-,15-;;;/m11.../s1. The van der Waals surface area contributed by atoms with Crippen LogP contribution in [0.1, 0.15) is 89.2 Å². The summed E-state index contributed by atoms with van der Waals surface area (Å²) in [6.45, 7) is 14.9. The van der Waals surface area contributed by atoms with Crippen molar-refractivity contribution in [3.8, 4) is 46.0 Å². The molecule has 1 aliphatic carbocycles. The maximum atomic E-state index is 12.7. The summed E-state index contributed by atoms with van der Waals surface area (Å²) in [7, 11) is 0. The lowest BCUT2D eigenvalue weighted by Gasteiger charge is -2.30. The van der Waals surface area contributed by atoms with Gasteiger partial charge >= 0.3 is 5.97 Å². The van der Waals surface area contributed by atoms with Gasteiger partial charge in [-0.2, -0.15) is 0 Å². The van der Waals surface area contributed by atoms with Gasteiger partial charge in [0.1, 0.15) is 91.5 Å². The highest BCUT2D eigenvalue weighted by Gasteiger charge is 2.52. The third-order valence-corrected chi connectivity index (χ3v) is 11.2. The van der Waals surface area contributed by atoms with Gasteiger partial charge in [-0.05, 0) is 57.9 Å². The van der Waals surface area contributed by atoms with Crippen molar-refractivity contribution < 1.29 is 68.6 Å². The largest absolute Gasteiger partial charge is 0.508 e. The Morgan fingerprint density at radius 2 is 1.23 bits per heavy atom. The van der Waals surface area contributed by atoms with Crippen molar-refractivity contribution in [1.82, 2.24) is 0 Å². The summed E-state index contributed by atoms with van der Waals surface area (Å²) in [4.78, 5) is 23.8. The van der Waals surface area contributed by atoms with Crippen LogP contribution in [0.5, 0.6) is 46.0 Å². The molecule has 5 aromatic rings. The molecule has 15 heteroatoms. The molecule has 2 saturated heterocycles. The van der Waals surface area contributed by atoms with E-state index >= 15 is 0 Å². The lowest BCUT2D eigenvalue weighted by molar-refractivity contribution is -0.173. The number of benzene rings is 4. The zero-order chi connectivity index (χ0) is 44.6. The van der Waals surface area contributed by atoms with Gasteiger partial charge in [-0.1, -0.05) is 40.0 Å². The first-order valence-corrected chi connectivity index (χ1v) is 20.3. The lowest BCUT2D eigenvalue weighted by atomic mass is 9.88. The Bertz CT molecular complexity index is 2430. The Labute approximate surface area is 352 Å². The van der Waals surface area contributed by atoms with E-state index in [2.05, 4.69) is 6.92 Å². The van der Waals surface area contributed by atoms with E-state index in [-0.39, 0.29) is 74.3 Å². The van der Waals surface area contributed by atoms with Crippen molar-refractivity contribution in [2.75, 3.05) is 13.2 Å². The van der Waals surface area contributed by atoms with Crippen molar-refractivity contribution in [2.24, 2.45) is 5.92 Å². The molecule has 328 valence electrons. The molecule has 4 atom stereocenters. The van der Waals surface area contributed by atoms with Gasteiger partial charge < -0.3 is 63.8 Å². The fraction of sp³-hybridized carbons (Fsp3) is 0.435. The Morgan fingerprint density at radius 1 is 0.705 bits per heavy atom. The van der Waals surface area contributed by atoms with E-state index in [0.29, 0.717) is 54.1 Å². The van der Waals surface area contributed by atoms with Gasteiger partial charge in [-0.15, -0.1) is 0 Å². The van der Waals surface area contributed by atoms with E-state index in [9.17, 15) is 24.9 Å². The number of carboxylic acid groups (broad SMARTS) is 1. The number of hydrogen-bond donors (Lipinski definition) is 7. The highest BCUT2D eigenvalue weighted by Crippen LogP contribution is 2.45. The molecule has 0 unspecified atom stereocenters. The number of rotatable bonds is 3. The second-order valence-electron chi connectivity index (χ2n) is 16.5. The highest BCUT2D eigenvalue weighted by molar-refractivity contribution is 5.95. The van der Waals surface area contributed by atoms with E-state index in [4.69, 9.17) is 48.5 Å². The number of aromatic hydroxyl groups is 6. The fourth-order valence-corrected chi connectivity index (χ4v) is 7.48. The zero-order valence-electron chi connectivity index (χ0n) is 35.3. The molecule has 1 saturated carbocycles. The number of epoxide rings is 1. The summed E-state index contributed by atoms with van der Waals surface area (Å²) in [6.07, 6.45) is 4.99. The Balaban J connectivity index is 0.000000152. The summed E-state index contributed by atoms with van der Waals surface area (Å²) < 4.78 is 34.7. The van der Waals surface area contributed by atoms with E-state index in [0.717, 1.165) is 35.7 Å². The number of ether oxygens (including phenoxy) is 5. The smallest absolute Gasteiger partial charge is 0.339 e. The molecule has 10 rings (SSSR count). The van der Waals surface area contributed by atoms with Crippen LogP contribution in [0.25, 0.3) is 21.9 Å². The van der Waals surface area contributed by atoms with Gasteiger partial charge in [-0.3, -0.25) is 4.79 Å². The van der Waals surface area contributed by atoms with Crippen LogP contribution < -0.4 is 14.9 Å². The van der Waals surface area contributed by atoms with Crippen molar-refractivity contribution in [3.05, 3.63) is 81.5 Å². The Hall–Kier alpha value is -5.90. The molecule has 0 spiro atoms. The molecular weight excluding hydrogens is 792 g/mol. The van der Waals surface area contributed by atoms with Crippen LogP contribution in [0.2, 0.25) is 0 Å². The molecule has 5 heterocycles. The molecule has 15 nitrogen and oxygen atoms in total. The van der Waals surface area contributed by atoms with Crippen LogP contribution in [0, 0.1) is 5.92 Å². The molecule has 7 N–H and O–H groups in total. The Morgan fingerprint density at radius 3 is 1.74 bits per heavy atom. The molecule has 4 aromatic carbocycles. The minimum Gasteiger partial charge on any atom is -0.508 e. The monoisotopic (exact) mass is 846 g/mol. The SMILES string of the molecule is CC.CC1(C)OC[C@](C)([C@H]2Cc3c(ccc(C(=O)O)c3O)O2)O1.CC1CCC1.C[C@]1([C@H]2Cc3c(ccc4c(=O)c5c(O)cc(O)cc5oc34)O2)CO1.Oc1cc(O)cc(O)c1. The van der Waals surface area contributed by atoms with Crippen molar-refractivity contribution >= 4 is 27.9 Å². The van der Waals surface area contributed by atoms with Crippen LogP contribution in [-0.2, 0) is 27.1 Å². The van der Waals surface area contributed by atoms with E-state index in [1.807, 2.05) is 41.5 Å². The van der Waals surface area contributed by atoms with Gasteiger partial charge in [0.05, 0.1) is 18.6 Å². The van der Waals surface area contributed by atoms with E-state index < -0.39 is 17.4 Å². The number of carbonyl (C=O) groups is 1. The van der Waals surface area contributed by atoms with Gasteiger partial charge in [0.25, 0.3) is 0 Å². The third kappa shape index (κ3) is 9.54. The predicted molar refractivity (Wildman–Crippen MR) is 224 cm³/mol.